The number of aromatic carboxylic acids is 1. The minimum absolute atomic E-state index is 0.0615. The maximum absolute atomic E-state index is 11.9. The van der Waals surface area contributed by atoms with Gasteiger partial charge in [0.2, 0.25) is 5.91 Å². The van der Waals surface area contributed by atoms with E-state index in [0.717, 1.165) is 11.3 Å². The van der Waals surface area contributed by atoms with Gasteiger partial charge in [0.05, 0.1) is 10.8 Å². The van der Waals surface area contributed by atoms with Crippen molar-refractivity contribution < 1.29 is 19.4 Å². The Morgan fingerprint density at radius 1 is 1.43 bits per heavy atom. The van der Waals surface area contributed by atoms with Gasteiger partial charge in [-0.15, -0.1) is 11.8 Å². The number of thioether (sulfide) groups is 1. The highest BCUT2D eigenvalue weighted by Crippen LogP contribution is 2.25. The molecule has 1 aromatic carbocycles. The third-order valence-corrected chi connectivity index (χ3v) is 4.04. The molecule has 0 radical (unpaired) electrons. The fourth-order valence-electron chi connectivity index (χ4n) is 1.73. The zero-order valence-electron chi connectivity index (χ0n) is 12.5. The van der Waals surface area contributed by atoms with Gasteiger partial charge in [-0.05, 0) is 38.0 Å². The van der Waals surface area contributed by atoms with E-state index in [4.69, 9.17) is 9.84 Å². The van der Waals surface area contributed by atoms with Crippen LogP contribution < -0.4 is 5.32 Å². The minimum atomic E-state index is -0.952. The predicted molar refractivity (Wildman–Crippen MR) is 83.0 cm³/mol. The molecule has 21 heavy (non-hydrogen) atoms. The first-order valence-electron chi connectivity index (χ1n) is 6.73. The average Bonchev–Trinajstić information content (AvgIpc) is 2.45. The van der Waals surface area contributed by atoms with Crippen LogP contribution in [0.5, 0.6) is 0 Å². The molecular formula is C15H21NO4S. The molecule has 0 saturated heterocycles. The molecule has 116 valence electrons. The Morgan fingerprint density at radius 3 is 2.76 bits per heavy atom. The minimum Gasteiger partial charge on any atom is -0.478 e. The van der Waals surface area contributed by atoms with E-state index in [2.05, 4.69) is 5.32 Å². The normalized spacial score (nSPS) is 12.0. The molecule has 6 heteroatoms. The highest BCUT2D eigenvalue weighted by Gasteiger charge is 2.15. The first-order valence-corrected chi connectivity index (χ1v) is 7.61. The van der Waals surface area contributed by atoms with Gasteiger partial charge >= 0.3 is 5.97 Å². The van der Waals surface area contributed by atoms with Crippen LogP contribution >= 0.6 is 11.8 Å². The Hall–Kier alpha value is -1.53. The van der Waals surface area contributed by atoms with Gasteiger partial charge in [-0.25, -0.2) is 4.79 Å². The van der Waals surface area contributed by atoms with Crippen molar-refractivity contribution in [1.82, 2.24) is 5.32 Å². The molecular weight excluding hydrogens is 290 g/mol. The fraction of sp³-hybridized carbons (Fsp3) is 0.467. The first-order chi connectivity index (χ1) is 9.95. The molecule has 1 amide bonds. The number of aryl methyl sites for hydroxylation is 1. The summed E-state index contributed by atoms with van der Waals surface area (Å²) < 4.78 is 4.91. The van der Waals surface area contributed by atoms with Crippen LogP contribution in [0.1, 0.15) is 29.3 Å². The molecule has 0 aromatic heterocycles. The maximum Gasteiger partial charge on any atom is 0.335 e. The van der Waals surface area contributed by atoms with Crippen molar-refractivity contribution in [2.75, 3.05) is 20.3 Å². The number of carboxylic acid groups (broad SMARTS) is 1. The number of ether oxygens (including phenoxy) is 1. The summed E-state index contributed by atoms with van der Waals surface area (Å²) in [7, 11) is 1.62. The molecule has 0 heterocycles. The van der Waals surface area contributed by atoms with Crippen LogP contribution in [0.25, 0.3) is 0 Å². The van der Waals surface area contributed by atoms with Gasteiger partial charge in [0.25, 0.3) is 0 Å². The maximum atomic E-state index is 11.9. The van der Waals surface area contributed by atoms with Crippen molar-refractivity contribution in [3.8, 4) is 0 Å². The van der Waals surface area contributed by atoms with E-state index in [0.29, 0.717) is 18.7 Å². The zero-order valence-corrected chi connectivity index (χ0v) is 13.3. The van der Waals surface area contributed by atoms with Crippen molar-refractivity contribution in [2.24, 2.45) is 0 Å². The number of rotatable bonds is 8. The summed E-state index contributed by atoms with van der Waals surface area (Å²) in [6.07, 6.45) is 0.771. The second-order valence-electron chi connectivity index (χ2n) is 4.68. The van der Waals surface area contributed by atoms with E-state index < -0.39 is 5.97 Å². The van der Waals surface area contributed by atoms with Crippen molar-refractivity contribution in [2.45, 2.75) is 30.4 Å². The summed E-state index contributed by atoms with van der Waals surface area (Å²) in [5.41, 5.74) is 0.983. The monoisotopic (exact) mass is 311 g/mol. The Labute approximate surface area is 129 Å². The number of carbonyl (C=O) groups excluding carboxylic acids is 1. The fourth-order valence-corrected chi connectivity index (χ4v) is 2.67. The summed E-state index contributed by atoms with van der Waals surface area (Å²) in [6, 6.07) is 5.20. The molecule has 0 saturated carbocycles. The van der Waals surface area contributed by atoms with Crippen LogP contribution in [0.15, 0.2) is 23.1 Å². The largest absolute Gasteiger partial charge is 0.478 e. The number of carboxylic acids is 1. The average molecular weight is 311 g/mol. The topological polar surface area (TPSA) is 75.6 Å². The molecule has 0 aliphatic heterocycles. The van der Waals surface area contributed by atoms with E-state index in [1.165, 1.54) is 11.8 Å². The van der Waals surface area contributed by atoms with Crippen LogP contribution in [0.4, 0.5) is 0 Å². The first kappa shape index (κ1) is 17.5. The smallest absolute Gasteiger partial charge is 0.335 e. The van der Waals surface area contributed by atoms with Crippen molar-refractivity contribution in [3.05, 3.63) is 29.3 Å². The number of methoxy groups -OCH3 is 1. The lowest BCUT2D eigenvalue weighted by Gasteiger charge is -2.12. The Bertz CT molecular complexity index is 504. The van der Waals surface area contributed by atoms with E-state index in [1.54, 1.807) is 33.1 Å². The second kappa shape index (κ2) is 8.69. The van der Waals surface area contributed by atoms with Crippen molar-refractivity contribution >= 4 is 23.6 Å². The second-order valence-corrected chi connectivity index (χ2v) is 6.09. The summed E-state index contributed by atoms with van der Waals surface area (Å²) in [5.74, 6) is -1.01. The number of benzene rings is 1. The van der Waals surface area contributed by atoms with E-state index in [1.807, 2.05) is 6.07 Å². The lowest BCUT2D eigenvalue weighted by Crippen LogP contribution is -2.32. The quantitative estimate of drug-likeness (QED) is 0.569. The van der Waals surface area contributed by atoms with E-state index in [9.17, 15) is 9.59 Å². The molecule has 1 atom stereocenters. The Morgan fingerprint density at radius 2 is 2.14 bits per heavy atom. The van der Waals surface area contributed by atoms with Gasteiger partial charge < -0.3 is 15.2 Å². The van der Waals surface area contributed by atoms with E-state index in [-0.39, 0.29) is 16.7 Å². The SMILES string of the molecule is COCCCNC(=O)C(C)Sc1ccc(C)c(C(=O)O)c1. The van der Waals surface area contributed by atoms with Gasteiger partial charge in [-0.2, -0.15) is 0 Å². The molecule has 1 unspecified atom stereocenters. The number of nitrogens with one attached hydrogen (secondary N) is 1. The molecule has 2 N–H and O–H groups in total. The summed E-state index contributed by atoms with van der Waals surface area (Å²) in [6.45, 7) is 4.74. The lowest BCUT2D eigenvalue weighted by atomic mass is 10.1. The lowest BCUT2D eigenvalue weighted by molar-refractivity contribution is -0.120. The highest BCUT2D eigenvalue weighted by molar-refractivity contribution is 8.00. The molecule has 0 spiro atoms. The zero-order chi connectivity index (χ0) is 15.8. The Kier molecular flexibility index (Phi) is 7.25. The molecule has 0 aliphatic carbocycles. The predicted octanol–water partition coefficient (Wildman–Crippen LogP) is 2.33. The molecule has 0 aliphatic rings. The van der Waals surface area contributed by atoms with Gasteiger partial charge in [-0.3, -0.25) is 4.79 Å². The summed E-state index contributed by atoms with van der Waals surface area (Å²) in [4.78, 5) is 23.8. The third kappa shape index (κ3) is 5.77. The van der Waals surface area contributed by atoms with Gasteiger partial charge in [0.1, 0.15) is 0 Å². The van der Waals surface area contributed by atoms with Gasteiger partial charge in [-0.1, -0.05) is 6.07 Å². The number of carbonyl (C=O) groups is 2. The molecule has 0 bridgehead atoms. The summed E-state index contributed by atoms with van der Waals surface area (Å²) >= 11 is 1.35. The van der Waals surface area contributed by atoms with Gasteiger partial charge in [0.15, 0.2) is 0 Å². The molecule has 0 fully saturated rings. The molecule has 5 nitrogen and oxygen atoms in total. The van der Waals surface area contributed by atoms with Crippen molar-refractivity contribution in [1.29, 1.82) is 0 Å². The number of hydrogen-bond acceptors (Lipinski definition) is 4. The highest BCUT2D eigenvalue weighted by atomic mass is 32.2. The number of amides is 1. The number of hydrogen-bond donors (Lipinski definition) is 2. The third-order valence-electron chi connectivity index (χ3n) is 2.95. The van der Waals surface area contributed by atoms with Crippen LogP contribution in [0, 0.1) is 6.92 Å². The Balaban J connectivity index is 2.58. The van der Waals surface area contributed by atoms with Gasteiger partial charge in [0, 0.05) is 25.2 Å². The standard InChI is InChI=1S/C15H21NO4S/c1-10-5-6-12(9-13(10)15(18)19)21-11(2)14(17)16-7-4-8-20-3/h5-6,9,11H,4,7-8H2,1-3H3,(H,16,17)(H,18,19). The molecule has 1 aromatic rings. The van der Waals surface area contributed by atoms with Crippen LogP contribution in [0.3, 0.4) is 0 Å². The summed E-state index contributed by atoms with van der Waals surface area (Å²) in [5, 5.41) is 11.6. The van der Waals surface area contributed by atoms with E-state index >= 15 is 0 Å². The van der Waals surface area contributed by atoms with Crippen LogP contribution in [0.2, 0.25) is 0 Å². The molecule has 1 rings (SSSR count). The van der Waals surface area contributed by atoms with Crippen LogP contribution in [-0.2, 0) is 9.53 Å². The van der Waals surface area contributed by atoms with Crippen LogP contribution in [-0.4, -0.2) is 42.5 Å². The van der Waals surface area contributed by atoms with Crippen molar-refractivity contribution in [3.63, 3.8) is 0 Å².